The largest absolute Gasteiger partial charge is 0.230 e. The van der Waals surface area contributed by atoms with Gasteiger partial charge in [0, 0.05) is 11.6 Å². The molecule has 2 N–H and O–H groups in total. The number of halogens is 2. The van der Waals surface area contributed by atoms with Crippen molar-refractivity contribution < 1.29 is 0 Å². The van der Waals surface area contributed by atoms with E-state index >= 15 is 0 Å². The van der Waals surface area contributed by atoms with Crippen LogP contribution in [0.5, 0.6) is 0 Å². The van der Waals surface area contributed by atoms with Gasteiger partial charge in [0.2, 0.25) is 0 Å². The van der Waals surface area contributed by atoms with Crippen LogP contribution in [0.25, 0.3) is 0 Å². The van der Waals surface area contributed by atoms with Gasteiger partial charge in [-0.2, -0.15) is 0 Å². The Morgan fingerprint density at radius 2 is 1.50 bits per heavy atom. The molecule has 0 rings (SSSR count). The predicted octanol–water partition coefficient (Wildman–Crippen LogP) is 2.67. The lowest BCUT2D eigenvalue weighted by Gasteiger charge is -2.44. The van der Waals surface area contributed by atoms with Gasteiger partial charge >= 0.3 is 0 Å². The van der Waals surface area contributed by atoms with E-state index in [-0.39, 0.29) is 17.0 Å². The van der Waals surface area contributed by atoms with E-state index < -0.39 is 0 Å². The molecular formula is C8H18Cl2N2. The zero-order valence-corrected chi connectivity index (χ0v) is 9.85. The lowest BCUT2D eigenvalue weighted by atomic mass is 9.71. The van der Waals surface area contributed by atoms with E-state index in [0.29, 0.717) is 0 Å². The lowest BCUT2D eigenvalue weighted by Crippen LogP contribution is -2.55. The second-order valence-electron chi connectivity index (χ2n) is 4.27. The summed E-state index contributed by atoms with van der Waals surface area (Å²) in [7, 11) is 0. The van der Waals surface area contributed by atoms with E-state index in [1.165, 1.54) is 0 Å². The molecule has 0 fully saturated rings. The molecule has 0 aromatic carbocycles. The van der Waals surface area contributed by atoms with Gasteiger partial charge < -0.3 is 0 Å². The molecule has 0 aliphatic heterocycles. The summed E-state index contributed by atoms with van der Waals surface area (Å²) in [6.07, 6.45) is 0. The molecule has 1 unspecified atom stereocenters. The minimum atomic E-state index is -0.171. The highest BCUT2D eigenvalue weighted by Gasteiger charge is 2.40. The standard InChI is InChI=1S/C8H18Cl2N2/c1-6(11-9)7(2,3)8(4,5)12-10/h6,11-12H,1-5H3. The van der Waals surface area contributed by atoms with Gasteiger partial charge in [-0.3, -0.25) is 0 Å². The molecule has 0 bridgehead atoms. The van der Waals surface area contributed by atoms with Crippen LogP contribution in [-0.2, 0) is 0 Å². The zero-order chi connectivity index (χ0) is 9.99. The van der Waals surface area contributed by atoms with E-state index in [4.69, 9.17) is 23.6 Å². The van der Waals surface area contributed by atoms with Gasteiger partial charge in [-0.25, -0.2) is 9.67 Å². The fraction of sp³-hybridized carbons (Fsp3) is 1.00. The second-order valence-corrected chi connectivity index (χ2v) is 4.68. The lowest BCUT2D eigenvalue weighted by molar-refractivity contribution is 0.143. The van der Waals surface area contributed by atoms with E-state index in [1.807, 2.05) is 20.8 Å². The Kier molecular flexibility index (Phi) is 4.31. The molecule has 0 saturated heterocycles. The summed E-state index contributed by atoms with van der Waals surface area (Å²) < 4.78 is 0. The first-order chi connectivity index (χ1) is 5.29. The smallest absolute Gasteiger partial charge is 0.0341 e. The molecule has 0 radical (unpaired) electrons. The van der Waals surface area contributed by atoms with Crippen LogP contribution in [0.1, 0.15) is 34.6 Å². The van der Waals surface area contributed by atoms with Crippen molar-refractivity contribution in [2.45, 2.75) is 46.2 Å². The molecule has 0 saturated carbocycles. The van der Waals surface area contributed by atoms with E-state index in [1.54, 1.807) is 0 Å². The molecule has 0 aliphatic rings. The van der Waals surface area contributed by atoms with Gasteiger partial charge in [0.15, 0.2) is 0 Å². The molecule has 0 heterocycles. The first-order valence-electron chi connectivity index (χ1n) is 4.03. The summed E-state index contributed by atoms with van der Waals surface area (Å²) in [4.78, 5) is 5.49. The maximum atomic E-state index is 5.66. The molecule has 12 heavy (non-hydrogen) atoms. The van der Waals surface area contributed by atoms with Crippen molar-refractivity contribution in [3.8, 4) is 0 Å². The average molecular weight is 213 g/mol. The average Bonchev–Trinajstić information content (AvgIpc) is 2.02. The van der Waals surface area contributed by atoms with Crippen LogP contribution in [0.3, 0.4) is 0 Å². The predicted molar refractivity (Wildman–Crippen MR) is 55.3 cm³/mol. The van der Waals surface area contributed by atoms with Crippen molar-refractivity contribution >= 4 is 23.6 Å². The van der Waals surface area contributed by atoms with Crippen LogP contribution >= 0.6 is 23.6 Å². The van der Waals surface area contributed by atoms with Crippen LogP contribution in [0.4, 0.5) is 0 Å². The summed E-state index contributed by atoms with van der Waals surface area (Å²) in [6, 6.07) is 0.181. The second kappa shape index (κ2) is 4.14. The molecule has 4 heteroatoms. The van der Waals surface area contributed by atoms with Crippen molar-refractivity contribution in [3.63, 3.8) is 0 Å². The molecule has 0 aliphatic carbocycles. The Hall–Kier alpha value is 0.500. The summed E-state index contributed by atoms with van der Waals surface area (Å²) >= 11 is 11.2. The molecule has 1 atom stereocenters. The number of rotatable bonds is 4. The Bertz CT molecular complexity index is 146. The van der Waals surface area contributed by atoms with Gasteiger partial charge in [0.05, 0.1) is 0 Å². The SMILES string of the molecule is CC(NCl)C(C)(C)C(C)(C)NCl. The monoisotopic (exact) mass is 212 g/mol. The molecule has 0 aromatic rings. The fourth-order valence-corrected chi connectivity index (χ4v) is 1.32. The van der Waals surface area contributed by atoms with E-state index in [2.05, 4.69) is 23.5 Å². The van der Waals surface area contributed by atoms with E-state index in [0.717, 1.165) is 0 Å². The Morgan fingerprint density at radius 3 is 1.75 bits per heavy atom. The Balaban J connectivity index is 4.58. The van der Waals surface area contributed by atoms with Crippen LogP contribution in [0, 0.1) is 5.41 Å². The van der Waals surface area contributed by atoms with Gasteiger partial charge in [-0.15, -0.1) is 0 Å². The Morgan fingerprint density at radius 1 is 1.08 bits per heavy atom. The first-order valence-corrected chi connectivity index (χ1v) is 4.79. The normalized spacial score (nSPS) is 16.2. The molecule has 0 amide bonds. The highest BCUT2D eigenvalue weighted by atomic mass is 35.5. The first kappa shape index (κ1) is 12.5. The fourth-order valence-electron chi connectivity index (χ4n) is 0.799. The highest BCUT2D eigenvalue weighted by molar-refractivity contribution is 6.14. The maximum Gasteiger partial charge on any atom is 0.0341 e. The number of hydrogen-bond acceptors (Lipinski definition) is 2. The van der Waals surface area contributed by atoms with Gasteiger partial charge in [-0.1, -0.05) is 13.8 Å². The third-order valence-electron chi connectivity index (χ3n) is 3.09. The van der Waals surface area contributed by atoms with Gasteiger partial charge in [0.25, 0.3) is 0 Å². The summed E-state index contributed by atoms with van der Waals surface area (Å²) in [6.45, 7) is 10.4. The number of hydrogen-bond donors (Lipinski definition) is 2. The van der Waals surface area contributed by atoms with Crippen molar-refractivity contribution in [2.24, 2.45) is 5.41 Å². The van der Waals surface area contributed by atoms with E-state index in [9.17, 15) is 0 Å². The summed E-state index contributed by atoms with van der Waals surface area (Å²) in [5, 5.41) is 0. The van der Waals surface area contributed by atoms with Crippen molar-refractivity contribution in [1.82, 2.24) is 9.67 Å². The molecule has 0 spiro atoms. The van der Waals surface area contributed by atoms with Crippen molar-refractivity contribution in [1.29, 1.82) is 0 Å². The minimum absolute atomic E-state index is 0.0312. The van der Waals surface area contributed by atoms with Crippen LogP contribution < -0.4 is 9.67 Å². The summed E-state index contributed by atoms with van der Waals surface area (Å²) in [5.74, 6) is 0. The maximum absolute atomic E-state index is 5.66. The van der Waals surface area contributed by atoms with Gasteiger partial charge in [0.1, 0.15) is 0 Å². The molecule has 74 valence electrons. The molecule has 2 nitrogen and oxygen atoms in total. The van der Waals surface area contributed by atoms with Crippen LogP contribution in [0.2, 0.25) is 0 Å². The Labute approximate surface area is 85.2 Å². The number of nitrogens with one attached hydrogen (secondary N) is 2. The quantitative estimate of drug-likeness (QED) is 0.701. The summed E-state index contributed by atoms with van der Waals surface area (Å²) in [5.41, 5.74) is -0.202. The van der Waals surface area contributed by atoms with Gasteiger partial charge in [-0.05, 0) is 49.7 Å². The van der Waals surface area contributed by atoms with Crippen LogP contribution in [-0.4, -0.2) is 11.6 Å². The zero-order valence-electron chi connectivity index (χ0n) is 8.33. The highest BCUT2D eigenvalue weighted by Crippen LogP contribution is 2.34. The molecule has 0 aromatic heterocycles. The third kappa shape index (κ3) is 2.25. The topological polar surface area (TPSA) is 24.1 Å². The van der Waals surface area contributed by atoms with Crippen molar-refractivity contribution in [2.75, 3.05) is 0 Å². The third-order valence-corrected chi connectivity index (χ3v) is 3.89. The van der Waals surface area contributed by atoms with Crippen molar-refractivity contribution in [3.05, 3.63) is 0 Å². The minimum Gasteiger partial charge on any atom is -0.230 e. The molecular weight excluding hydrogens is 195 g/mol. The van der Waals surface area contributed by atoms with Crippen LogP contribution in [0.15, 0.2) is 0 Å².